The lowest BCUT2D eigenvalue weighted by atomic mass is 9.97. The molecule has 1 aliphatic rings. The first-order valence-electron chi connectivity index (χ1n) is 5.81. The fraction of sp³-hybridized carbons (Fsp3) is 0.0625. The predicted molar refractivity (Wildman–Crippen MR) is 71.0 cm³/mol. The SMILES string of the molecule is N#CC1=CCOc2ccc(-c3ccccc3)cc21. The number of fused-ring (bicyclic) bond motifs is 1. The van der Waals surface area contributed by atoms with Gasteiger partial charge in [-0.05, 0) is 29.3 Å². The van der Waals surface area contributed by atoms with Crippen LogP contribution in [0.15, 0.2) is 54.6 Å². The molecule has 2 nitrogen and oxygen atoms in total. The molecule has 86 valence electrons. The molecule has 2 aromatic carbocycles. The lowest BCUT2D eigenvalue weighted by Gasteiger charge is -2.16. The van der Waals surface area contributed by atoms with Crippen molar-refractivity contribution in [3.8, 4) is 22.9 Å². The Labute approximate surface area is 106 Å². The first-order chi connectivity index (χ1) is 8.88. The van der Waals surface area contributed by atoms with Gasteiger partial charge in [0.15, 0.2) is 0 Å². The zero-order valence-corrected chi connectivity index (χ0v) is 9.76. The van der Waals surface area contributed by atoms with E-state index in [0.717, 1.165) is 22.4 Å². The zero-order chi connectivity index (χ0) is 12.4. The zero-order valence-electron chi connectivity index (χ0n) is 9.76. The van der Waals surface area contributed by atoms with Crippen molar-refractivity contribution >= 4 is 5.57 Å². The molecular weight excluding hydrogens is 222 g/mol. The lowest BCUT2D eigenvalue weighted by Crippen LogP contribution is -2.03. The van der Waals surface area contributed by atoms with Crippen molar-refractivity contribution in [3.05, 3.63) is 60.2 Å². The molecule has 0 aliphatic carbocycles. The van der Waals surface area contributed by atoms with Crippen molar-refractivity contribution in [1.29, 1.82) is 5.26 Å². The molecule has 0 saturated carbocycles. The van der Waals surface area contributed by atoms with Gasteiger partial charge in [0.1, 0.15) is 12.4 Å². The summed E-state index contributed by atoms with van der Waals surface area (Å²) in [6.07, 6.45) is 1.82. The van der Waals surface area contributed by atoms with E-state index in [1.165, 1.54) is 0 Å². The predicted octanol–water partition coefficient (Wildman–Crippen LogP) is 3.65. The molecule has 0 bridgehead atoms. The van der Waals surface area contributed by atoms with E-state index in [9.17, 15) is 0 Å². The standard InChI is InChI=1S/C16H11NO/c17-11-14-8-9-18-16-7-6-13(10-15(14)16)12-4-2-1-3-5-12/h1-8,10H,9H2. The normalized spacial score (nSPS) is 12.9. The molecular formula is C16H11NO. The van der Waals surface area contributed by atoms with Gasteiger partial charge in [-0.1, -0.05) is 36.4 Å². The molecule has 0 radical (unpaired) electrons. The summed E-state index contributed by atoms with van der Waals surface area (Å²) in [6.45, 7) is 0.473. The van der Waals surface area contributed by atoms with Crippen LogP contribution < -0.4 is 4.74 Å². The summed E-state index contributed by atoms with van der Waals surface area (Å²) in [6, 6.07) is 18.3. The summed E-state index contributed by atoms with van der Waals surface area (Å²) in [4.78, 5) is 0. The van der Waals surface area contributed by atoms with Crippen LogP contribution in [0.1, 0.15) is 5.56 Å². The first kappa shape index (κ1) is 10.6. The van der Waals surface area contributed by atoms with Crippen LogP contribution >= 0.6 is 0 Å². The second-order valence-corrected chi connectivity index (χ2v) is 4.12. The summed E-state index contributed by atoms with van der Waals surface area (Å²) in [5.41, 5.74) is 3.81. The highest BCUT2D eigenvalue weighted by Crippen LogP contribution is 2.33. The average molecular weight is 233 g/mol. The molecule has 2 heteroatoms. The Morgan fingerprint density at radius 3 is 2.61 bits per heavy atom. The van der Waals surface area contributed by atoms with Crippen LogP contribution in [0.2, 0.25) is 0 Å². The number of nitrogens with zero attached hydrogens (tertiary/aromatic N) is 1. The Bertz CT molecular complexity index is 651. The number of ether oxygens (including phenoxy) is 1. The maximum Gasteiger partial charge on any atom is 0.128 e. The molecule has 0 N–H and O–H groups in total. The van der Waals surface area contributed by atoms with E-state index >= 15 is 0 Å². The highest BCUT2D eigenvalue weighted by molar-refractivity contribution is 5.84. The van der Waals surface area contributed by atoms with Crippen molar-refractivity contribution in [2.45, 2.75) is 0 Å². The molecule has 2 aromatic rings. The third-order valence-electron chi connectivity index (χ3n) is 3.02. The molecule has 18 heavy (non-hydrogen) atoms. The fourth-order valence-electron chi connectivity index (χ4n) is 2.11. The summed E-state index contributed by atoms with van der Waals surface area (Å²) in [5.74, 6) is 0.786. The van der Waals surface area contributed by atoms with E-state index in [1.54, 1.807) is 0 Å². The van der Waals surface area contributed by atoms with Gasteiger partial charge in [-0.3, -0.25) is 0 Å². The maximum atomic E-state index is 9.13. The van der Waals surface area contributed by atoms with Gasteiger partial charge in [0.05, 0.1) is 11.6 Å². The molecule has 0 unspecified atom stereocenters. The minimum Gasteiger partial charge on any atom is -0.489 e. The third kappa shape index (κ3) is 1.76. The largest absolute Gasteiger partial charge is 0.489 e. The Kier molecular flexibility index (Phi) is 2.59. The maximum absolute atomic E-state index is 9.13. The molecule has 0 atom stereocenters. The minimum absolute atomic E-state index is 0.473. The van der Waals surface area contributed by atoms with Gasteiger partial charge in [0.2, 0.25) is 0 Å². The van der Waals surface area contributed by atoms with Crippen LogP contribution in [0, 0.1) is 11.3 Å². The van der Waals surface area contributed by atoms with Gasteiger partial charge in [-0.25, -0.2) is 0 Å². The molecule has 0 fully saturated rings. The number of allylic oxidation sites excluding steroid dienone is 1. The van der Waals surface area contributed by atoms with Gasteiger partial charge in [-0.15, -0.1) is 0 Å². The third-order valence-corrected chi connectivity index (χ3v) is 3.02. The number of rotatable bonds is 1. The first-order valence-corrected chi connectivity index (χ1v) is 5.81. The second kappa shape index (κ2) is 4.38. The van der Waals surface area contributed by atoms with Crippen LogP contribution in [-0.2, 0) is 0 Å². The van der Waals surface area contributed by atoms with Crippen molar-refractivity contribution in [3.63, 3.8) is 0 Å². The average Bonchev–Trinajstić information content (AvgIpc) is 2.47. The number of hydrogen-bond donors (Lipinski definition) is 0. The fourth-order valence-corrected chi connectivity index (χ4v) is 2.11. The van der Waals surface area contributed by atoms with Gasteiger partial charge in [-0.2, -0.15) is 5.26 Å². The monoisotopic (exact) mass is 233 g/mol. The van der Waals surface area contributed by atoms with Gasteiger partial charge in [0, 0.05) is 5.56 Å². The van der Waals surface area contributed by atoms with Crippen LogP contribution in [0.25, 0.3) is 16.7 Å². The van der Waals surface area contributed by atoms with E-state index in [2.05, 4.69) is 18.2 Å². The van der Waals surface area contributed by atoms with Crippen LogP contribution in [0.3, 0.4) is 0 Å². The van der Waals surface area contributed by atoms with E-state index < -0.39 is 0 Å². The van der Waals surface area contributed by atoms with E-state index in [-0.39, 0.29) is 0 Å². The number of benzene rings is 2. The molecule has 0 spiro atoms. The van der Waals surface area contributed by atoms with Crippen LogP contribution in [0.4, 0.5) is 0 Å². The molecule has 0 amide bonds. The van der Waals surface area contributed by atoms with Gasteiger partial charge >= 0.3 is 0 Å². The molecule has 1 heterocycles. The Balaban J connectivity index is 2.12. The highest BCUT2D eigenvalue weighted by atomic mass is 16.5. The van der Waals surface area contributed by atoms with Crippen molar-refractivity contribution in [2.75, 3.05) is 6.61 Å². The van der Waals surface area contributed by atoms with E-state index in [4.69, 9.17) is 10.00 Å². The Morgan fingerprint density at radius 1 is 1.00 bits per heavy atom. The lowest BCUT2D eigenvalue weighted by molar-refractivity contribution is 0.358. The van der Waals surface area contributed by atoms with Crippen molar-refractivity contribution in [2.24, 2.45) is 0 Å². The van der Waals surface area contributed by atoms with Gasteiger partial charge < -0.3 is 4.74 Å². The molecule has 0 aromatic heterocycles. The van der Waals surface area contributed by atoms with Crippen molar-refractivity contribution in [1.82, 2.24) is 0 Å². The van der Waals surface area contributed by atoms with Crippen molar-refractivity contribution < 1.29 is 4.74 Å². The highest BCUT2D eigenvalue weighted by Gasteiger charge is 2.14. The number of nitriles is 1. The van der Waals surface area contributed by atoms with Crippen LogP contribution in [-0.4, -0.2) is 6.61 Å². The summed E-state index contributed by atoms with van der Waals surface area (Å²) in [7, 11) is 0. The molecule has 0 saturated heterocycles. The Morgan fingerprint density at radius 2 is 1.83 bits per heavy atom. The quantitative estimate of drug-likeness (QED) is 0.753. The minimum atomic E-state index is 0.473. The van der Waals surface area contributed by atoms with Gasteiger partial charge in [0.25, 0.3) is 0 Å². The second-order valence-electron chi connectivity index (χ2n) is 4.12. The molecule has 3 rings (SSSR count). The smallest absolute Gasteiger partial charge is 0.128 e. The Hall–Kier alpha value is -2.53. The van der Waals surface area contributed by atoms with E-state index in [0.29, 0.717) is 12.2 Å². The summed E-state index contributed by atoms with van der Waals surface area (Å²) >= 11 is 0. The summed E-state index contributed by atoms with van der Waals surface area (Å²) in [5, 5.41) is 9.13. The van der Waals surface area contributed by atoms with Crippen LogP contribution in [0.5, 0.6) is 5.75 Å². The topological polar surface area (TPSA) is 33.0 Å². The summed E-state index contributed by atoms with van der Waals surface area (Å²) < 4.78 is 5.52. The number of hydrogen-bond acceptors (Lipinski definition) is 2. The molecule has 1 aliphatic heterocycles. The van der Waals surface area contributed by atoms with E-state index in [1.807, 2.05) is 42.5 Å².